The lowest BCUT2D eigenvalue weighted by Crippen LogP contribution is -2.37. The Morgan fingerprint density at radius 3 is 2.89 bits per heavy atom. The summed E-state index contributed by atoms with van der Waals surface area (Å²) < 4.78 is 0. The zero-order valence-corrected chi connectivity index (χ0v) is 10.3. The van der Waals surface area contributed by atoms with Gasteiger partial charge in [-0.2, -0.15) is 0 Å². The lowest BCUT2D eigenvalue weighted by atomic mass is 9.82. The molecule has 1 aliphatic rings. The molecule has 1 aliphatic carbocycles. The van der Waals surface area contributed by atoms with Gasteiger partial charge in [0.2, 0.25) is 0 Å². The van der Waals surface area contributed by atoms with Crippen molar-refractivity contribution >= 4 is 11.7 Å². The molecule has 0 spiro atoms. The molecular formula is C12H18N4O2. The highest BCUT2D eigenvalue weighted by Crippen LogP contribution is 2.28. The summed E-state index contributed by atoms with van der Waals surface area (Å²) in [5.74, 6) is 1.30. The van der Waals surface area contributed by atoms with Crippen LogP contribution in [0, 0.1) is 5.92 Å². The highest BCUT2D eigenvalue weighted by molar-refractivity contribution is 5.95. The van der Waals surface area contributed by atoms with Crippen LogP contribution >= 0.6 is 0 Å². The van der Waals surface area contributed by atoms with Gasteiger partial charge >= 0.3 is 0 Å². The van der Waals surface area contributed by atoms with Gasteiger partial charge in [-0.3, -0.25) is 0 Å². The fourth-order valence-electron chi connectivity index (χ4n) is 2.16. The van der Waals surface area contributed by atoms with Gasteiger partial charge in [-0.15, -0.1) is 0 Å². The van der Waals surface area contributed by atoms with Crippen LogP contribution in [0.3, 0.4) is 0 Å². The summed E-state index contributed by atoms with van der Waals surface area (Å²) in [5, 5.41) is 20.8. The number of anilines is 1. The maximum atomic E-state index is 9.26. The number of aliphatic hydroxyl groups excluding tert-OH is 1. The van der Waals surface area contributed by atoms with Crippen molar-refractivity contribution < 1.29 is 10.3 Å². The van der Waals surface area contributed by atoms with Gasteiger partial charge in [-0.25, -0.2) is 4.98 Å². The van der Waals surface area contributed by atoms with E-state index in [-0.39, 0.29) is 11.9 Å². The monoisotopic (exact) mass is 250 g/mol. The topological polar surface area (TPSA) is 95.0 Å². The Morgan fingerprint density at radius 1 is 1.56 bits per heavy atom. The fraction of sp³-hybridized carbons (Fsp3) is 0.500. The van der Waals surface area contributed by atoms with E-state index in [0.29, 0.717) is 11.6 Å². The summed E-state index contributed by atoms with van der Waals surface area (Å²) in [6, 6.07) is 5.39. The van der Waals surface area contributed by atoms with E-state index in [4.69, 9.17) is 10.9 Å². The third-order valence-electron chi connectivity index (χ3n) is 3.24. The van der Waals surface area contributed by atoms with Gasteiger partial charge in [0, 0.05) is 13.6 Å². The normalized spacial score (nSPS) is 23.6. The minimum Gasteiger partial charge on any atom is -0.409 e. The Morgan fingerprint density at radius 2 is 2.28 bits per heavy atom. The van der Waals surface area contributed by atoms with Crippen LogP contribution in [0.4, 0.5) is 5.82 Å². The van der Waals surface area contributed by atoms with Gasteiger partial charge in [-0.1, -0.05) is 11.2 Å². The molecule has 1 aromatic rings. The molecule has 1 aromatic heterocycles. The van der Waals surface area contributed by atoms with E-state index in [9.17, 15) is 5.11 Å². The molecule has 98 valence electrons. The standard InChI is InChI=1S/C12H18N4O2/c1-16(7-8-5-9(17)6-8)11-4-2-3-10(14-11)12(13)15-18/h2-4,8-9,17-18H,5-7H2,1H3,(H2,13,15). The zero-order chi connectivity index (χ0) is 13.1. The molecule has 0 saturated heterocycles. The molecule has 1 fully saturated rings. The third-order valence-corrected chi connectivity index (χ3v) is 3.24. The fourth-order valence-corrected chi connectivity index (χ4v) is 2.16. The molecule has 0 amide bonds. The SMILES string of the molecule is CN(CC1CC(O)C1)c1cccc(C(N)=NO)n1. The van der Waals surface area contributed by atoms with Gasteiger partial charge in [-0.05, 0) is 30.9 Å². The first kappa shape index (κ1) is 12.6. The molecule has 4 N–H and O–H groups in total. The first-order chi connectivity index (χ1) is 8.60. The average Bonchev–Trinajstić information content (AvgIpc) is 2.36. The van der Waals surface area contributed by atoms with Crippen molar-refractivity contribution in [2.24, 2.45) is 16.8 Å². The molecule has 1 heterocycles. The number of oxime groups is 1. The summed E-state index contributed by atoms with van der Waals surface area (Å²) in [4.78, 5) is 6.34. The number of aliphatic hydroxyl groups is 1. The molecule has 0 radical (unpaired) electrons. The van der Waals surface area contributed by atoms with Gasteiger partial charge in [0.05, 0.1) is 6.10 Å². The molecule has 0 aliphatic heterocycles. The Labute approximate surface area is 106 Å². The number of amidine groups is 1. The van der Waals surface area contributed by atoms with Crippen LogP contribution in [-0.2, 0) is 0 Å². The molecule has 0 atom stereocenters. The maximum Gasteiger partial charge on any atom is 0.188 e. The van der Waals surface area contributed by atoms with Crippen LogP contribution in [0.5, 0.6) is 0 Å². The summed E-state index contributed by atoms with van der Waals surface area (Å²) in [7, 11) is 1.95. The predicted molar refractivity (Wildman–Crippen MR) is 68.7 cm³/mol. The first-order valence-electron chi connectivity index (χ1n) is 5.94. The van der Waals surface area contributed by atoms with E-state index in [0.717, 1.165) is 25.2 Å². The van der Waals surface area contributed by atoms with Crippen LogP contribution in [0.2, 0.25) is 0 Å². The molecule has 0 bridgehead atoms. The molecule has 6 heteroatoms. The Bertz CT molecular complexity index is 443. The lowest BCUT2D eigenvalue weighted by molar-refractivity contribution is 0.0464. The number of aromatic nitrogens is 1. The highest BCUT2D eigenvalue weighted by Gasteiger charge is 2.28. The van der Waals surface area contributed by atoms with Crippen LogP contribution in [-0.4, -0.2) is 40.8 Å². The third kappa shape index (κ3) is 2.70. The second-order valence-corrected chi connectivity index (χ2v) is 4.74. The van der Waals surface area contributed by atoms with Crippen LogP contribution in [0.25, 0.3) is 0 Å². The predicted octanol–water partition coefficient (Wildman–Crippen LogP) is 0.383. The molecule has 1 saturated carbocycles. The van der Waals surface area contributed by atoms with Crippen molar-refractivity contribution in [3.8, 4) is 0 Å². The Balaban J connectivity index is 2.03. The van der Waals surface area contributed by atoms with E-state index in [1.54, 1.807) is 6.07 Å². The number of nitrogens with zero attached hydrogens (tertiary/aromatic N) is 3. The lowest BCUT2D eigenvalue weighted by Gasteiger charge is -2.34. The average molecular weight is 250 g/mol. The van der Waals surface area contributed by atoms with Crippen molar-refractivity contribution in [1.82, 2.24) is 4.98 Å². The number of pyridine rings is 1. The van der Waals surface area contributed by atoms with E-state index < -0.39 is 0 Å². The highest BCUT2D eigenvalue weighted by atomic mass is 16.4. The zero-order valence-electron chi connectivity index (χ0n) is 10.3. The second kappa shape index (κ2) is 5.22. The van der Waals surface area contributed by atoms with E-state index in [1.807, 2.05) is 24.1 Å². The van der Waals surface area contributed by atoms with Gasteiger partial charge < -0.3 is 20.9 Å². The van der Waals surface area contributed by atoms with E-state index in [2.05, 4.69) is 10.1 Å². The van der Waals surface area contributed by atoms with Crippen LogP contribution < -0.4 is 10.6 Å². The summed E-state index contributed by atoms with van der Waals surface area (Å²) in [6.07, 6.45) is 1.56. The minimum atomic E-state index is -0.139. The van der Waals surface area contributed by atoms with Crippen molar-refractivity contribution in [3.05, 3.63) is 23.9 Å². The molecule has 0 unspecified atom stereocenters. The Kier molecular flexibility index (Phi) is 3.66. The maximum absolute atomic E-state index is 9.26. The molecule has 2 rings (SSSR count). The number of hydrogen-bond donors (Lipinski definition) is 3. The molecule has 6 nitrogen and oxygen atoms in total. The first-order valence-corrected chi connectivity index (χ1v) is 5.94. The number of nitrogens with two attached hydrogens (primary N) is 1. The van der Waals surface area contributed by atoms with Crippen molar-refractivity contribution in [2.45, 2.75) is 18.9 Å². The van der Waals surface area contributed by atoms with Crippen molar-refractivity contribution in [3.63, 3.8) is 0 Å². The van der Waals surface area contributed by atoms with Crippen molar-refractivity contribution in [2.75, 3.05) is 18.5 Å². The summed E-state index contributed by atoms with van der Waals surface area (Å²) in [6.45, 7) is 0.851. The van der Waals surface area contributed by atoms with E-state index in [1.165, 1.54) is 0 Å². The van der Waals surface area contributed by atoms with E-state index >= 15 is 0 Å². The second-order valence-electron chi connectivity index (χ2n) is 4.74. The van der Waals surface area contributed by atoms with Gasteiger partial charge in [0.15, 0.2) is 5.84 Å². The van der Waals surface area contributed by atoms with Crippen LogP contribution in [0.1, 0.15) is 18.5 Å². The largest absolute Gasteiger partial charge is 0.409 e. The Hall–Kier alpha value is -1.82. The number of hydrogen-bond acceptors (Lipinski definition) is 5. The minimum absolute atomic E-state index is 0.00400. The molecular weight excluding hydrogens is 232 g/mol. The number of rotatable bonds is 4. The van der Waals surface area contributed by atoms with Gasteiger partial charge in [0.25, 0.3) is 0 Å². The summed E-state index contributed by atoms with van der Waals surface area (Å²) in [5.41, 5.74) is 5.96. The van der Waals surface area contributed by atoms with Crippen LogP contribution in [0.15, 0.2) is 23.4 Å². The smallest absolute Gasteiger partial charge is 0.188 e. The van der Waals surface area contributed by atoms with Crippen molar-refractivity contribution in [1.29, 1.82) is 0 Å². The summed E-state index contributed by atoms with van der Waals surface area (Å²) >= 11 is 0. The molecule has 0 aromatic carbocycles. The quantitative estimate of drug-likeness (QED) is 0.311. The van der Waals surface area contributed by atoms with Gasteiger partial charge in [0.1, 0.15) is 11.5 Å². The molecule has 18 heavy (non-hydrogen) atoms.